The highest BCUT2D eigenvalue weighted by molar-refractivity contribution is 7.14. The van der Waals surface area contributed by atoms with E-state index in [2.05, 4.69) is 5.32 Å². The average molecular weight is 350 g/mol. The zero-order chi connectivity index (χ0) is 16.4. The highest BCUT2D eigenvalue weighted by atomic mass is 32.1. The van der Waals surface area contributed by atoms with Crippen LogP contribution >= 0.6 is 11.3 Å². The Bertz CT molecular complexity index is 819. The van der Waals surface area contributed by atoms with Gasteiger partial charge >= 0.3 is 0 Å². The first-order valence-corrected chi connectivity index (χ1v) is 7.67. The van der Waals surface area contributed by atoms with Gasteiger partial charge in [-0.3, -0.25) is 9.59 Å². The molecule has 0 bridgehead atoms. The van der Waals surface area contributed by atoms with Crippen LogP contribution in [0.25, 0.3) is 6.08 Å². The van der Waals surface area contributed by atoms with Crippen LogP contribution in [0.15, 0.2) is 35.2 Å². The van der Waals surface area contributed by atoms with Crippen LogP contribution in [0.3, 0.4) is 0 Å². The maximum atomic E-state index is 12.4. The molecule has 3 rings (SSSR count). The van der Waals surface area contributed by atoms with E-state index in [-0.39, 0.29) is 19.4 Å². The third kappa shape index (κ3) is 3.24. The summed E-state index contributed by atoms with van der Waals surface area (Å²) in [6, 6.07) is 7.03. The largest absolute Gasteiger partial charge is 0.493 e. The number of carbonyl (C=O) groups excluding carboxylic acids is 2. The summed E-state index contributed by atoms with van der Waals surface area (Å²) in [5, 5.41) is 4.83. The van der Waals surface area contributed by atoms with Gasteiger partial charge in [0.2, 0.25) is 0 Å². The second-order valence-corrected chi connectivity index (χ2v) is 5.73. The van der Waals surface area contributed by atoms with Crippen LogP contribution in [0.2, 0.25) is 0 Å². The molecular formula is C16H18N2O5S. The number of nitrogens with one attached hydrogen (secondary N) is 1. The van der Waals surface area contributed by atoms with Gasteiger partial charge in [-0.15, -0.1) is 11.3 Å². The first kappa shape index (κ1) is 17.5. The van der Waals surface area contributed by atoms with E-state index in [0.717, 1.165) is 5.56 Å². The molecule has 24 heavy (non-hydrogen) atoms. The zero-order valence-electron chi connectivity index (χ0n) is 12.8. The van der Waals surface area contributed by atoms with Gasteiger partial charge < -0.3 is 26.0 Å². The second-order valence-electron chi connectivity index (χ2n) is 4.82. The Morgan fingerprint density at radius 3 is 2.88 bits per heavy atom. The minimum Gasteiger partial charge on any atom is -0.493 e. The zero-order valence-corrected chi connectivity index (χ0v) is 13.6. The van der Waals surface area contributed by atoms with Gasteiger partial charge in [0.1, 0.15) is 11.6 Å². The van der Waals surface area contributed by atoms with Crippen molar-refractivity contribution in [1.82, 2.24) is 0 Å². The summed E-state index contributed by atoms with van der Waals surface area (Å²) in [7, 11) is 1.56. The van der Waals surface area contributed by atoms with Crippen LogP contribution in [0, 0.1) is 0 Å². The second kappa shape index (κ2) is 7.16. The minimum absolute atomic E-state index is 0. The molecule has 0 spiro atoms. The summed E-state index contributed by atoms with van der Waals surface area (Å²) in [4.78, 5) is 23.7. The SMILES string of the molecule is COc1cccc2c1OCC(C(=O)Nc1sccc1C(N)=O)=C2.O.[HH]. The van der Waals surface area contributed by atoms with Crippen molar-refractivity contribution >= 4 is 34.2 Å². The van der Waals surface area contributed by atoms with E-state index in [1.807, 2.05) is 12.1 Å². The van der Waals surface area contributed by atoms with Gasteiger partial charge in [0, 0.05) is 6.99 Å². The summed E-state index contributed by atoms with van der Waals surface area (Å²) in [6.07, 6.45) is 1.74. The van der Waals surface area contributed by atoms with E-state index < -0.39 is 5.91 Å². The Labute approximate surface area is 143 Å². The third-order valence-electron chi connectivity index (χ3n) is 3.38. The normalized spacial score (nSPS) is 12.1. The molecule has 0 unspecified atom stereocenters. The van der Waals surface area contributed by atoms with Crippen molar-refractivity contribution in [3.8, 4) is 11.5 Å². The molecule has 2 heterocycles. The van der Waals surface area contributed by atoms with Gasteiger partial charge in [-0.1, -0.05) is 12.1 Å². The van der Waals surface area contributed by atoms with Gasteiger partial charge in [-0.2, -0.15) is 0 Å². The summed E-state index contributed by atoms with van der Waals surface area (Å²) >= 11 is 1.24. The topological polar surface area (TPSA) is 122 Å². The molecule has 1 aromatic heterocycles. The first-order valence-electron chi connectivity index (χ1n) is 6.79. The molecule has 0 aliphatic carbocycles. The molecule has 5 N–H and O–H groups in total. The maximum absolute atomic E-state index is 12.4. The van der Waals surface area contributed by atoms with Gasteiger partial charge in [0.25, 0.3) is 11.8 Å². The number of ether oxygens (including phenoxy) is 2. The van der Waals surface area contributed by atoms with Crippen molar-refractivity contribution in [1.29, 1.82) is 0 Å². The number of hydrogen-bond donors (Lipinski definition) is 2. The fourth-order valence-electron chi connectivity index (χ4n) is 2.26. The molecule has 0 atom stereocenters. The Morgan fingerprint density at radius 2 is 2.17 bits per heavy atom. The number of rotatable bonds is 4. The van der Waals surface area contributed by atoms with Gasteiger partial charge in [0.05, 0.1) is 18.2 Å². The van der Waals surface area contributed by atoms with Crippen LogP contribution in [-0.2, 0) is 4.79 Å². The first-order chi connectivity index (χ1) is 11.1. The lowest BCUT2D eigenvalue weighted by Crippen LogP contribution is -2.22. The third-order valence-corrected chi connectivity index (χ3v) is 4.21. The van der Waals surface area contributed by atoms with E-state index >= 15 is 0 Å². The van der Waals surface area contributed by atoms with Crippen molar-refractivity contribution in [3.05, 3.63) is 46.3 Å². The molecule has 8 heteroatoms. The number of para-hydroxylation sites is 1. The summed E-state index contributed by atoms with van der Waals surface area (Å²) in [5.41, 5.74) is 6.78. The molecule has 0 fully saturated rings. The van der Waals surface area contributed by atoms with E-state index in [4.69, 9.17) is 15.2 Å². The molecule has 1 aliphatic rings. The van der Waals surface area contributed by atoms with Gasteiger partial charge in [-0.05, 0) is 23.6 Å². The molecule has 0 saturated carbocycles. The highest BCUT2D eigenvalue weighted by Crippen LogP contribution is 2.35. The quantitative estimate of drug-likeness (QED) is 0.871. The highest BCUT2D eigenvalue weighted by Gasteiger charge is 2.21. The standard InChI is InChI=1S/C16H14N2O4S.H2O.H2/c1-21-12-4-2-3-9-7-10(8-22-13(9)12)15(20)18-16-11(14(17)19)5-6-23-16;;/h2-7H,8H2,1H3,(H2,17,19)(H,18,20);1H2;1H. The number of carbonyl (C=O) groups is 2. The Morgan fingerprint density at radius 1 is 1.38 bits per heavy atom. The minimum atomic E-state index is -0.578. The monoisotopic (exact) mass is 350 g/mol. The molecule has 128 valence electrons. The van der Waals surface area contributed by atoms with Crippen LogP contribution in [0.5, 0.6) is 11.5 Å². The Balaban J connectivity index is 0.00000156. The fourth-order valence-corrected chi connectivity index (χ4v) is 3.04. The lowest BCUT2D eigenvalue weighted by Gasteiger charge is -2.19. The van der Waals surface area contributed by atoms with E-state index in [1.54, 1.807) is 30.7 Å². The number of fused-ring (bicyclic) bond motifs is 1. The molecular weight excluding hydrogens is 332 g/mol. The van der Waals surface area contributed by atoms with Gasteiger partial charge in [-0.25, -0.2) is 0 Å². The number of methoxy groups -OCH3 is 1. The fraction of sp³-hybridized carbons (Fsp3) is 0.125. The van der Waals surface area contributed by atoms with Crippen LogP contribution in [0.4, 0.5) is 5.00 Å². The number of amides is 2. The summed E-state index contributed by atoms with van der Waals surface area (Å²) in [6.45, 7) is 0.122. The van der Waals surface area contributed by atoms with Crippen LogP contribution < -0.4 is 20.5 Å². The maximum Gasteiger partial charge on any atom is 0.255 e. The lowest BCUT2D eigenvalue weighted by molar-refractivity contribution is -0.113. The van der Waals surface area contributed by atoms with Crippen molar-refractivity contribution in [2.75, 3.05) is 19.0 Å². The average Bonchev–Trinajstić information content (AvgIpc) is 3.02. The van der Waals surface area contributed by atoms with Crippen molar-refractivity contribution in [2.45, 2.75) is 0 Å². The Kier molecular flexibility index (Phi) is 5.22. The Hall–Kier alpha value is -2.84. The molecule has 0 radical (unpaired) electrons. The molecule has 7 nitrogen and oxygen atoms in total. The van der Waals surface area contributed by atoms with E-state index in [1.165, 1.54) is 11.3 Å². The molecule has 2 amide bonds. The van der Waals surface area contributed by atoms with Crippen molar-refractivity contribution < 1.29 is 26.0 Å². The molecule has 1 aliphatic heterocycles. The van der Waals surface area contributed by atoms with Crippen LogP contribution in [-0.4, -0.2) is 31.0 Å². The molecule has 0 saturated heterocycles. The number of thiophene rings is 1. The van der Waals surface area contributed by atoms with Crippen molar-refractivity contribution in [3.63, 3.8) is 0 Å². The van der Waals surface area contributed by atoms with Crippen molar-refractivity contribution in [2.24, 2.45) is 5.73 Å². The van der Waals surface area contributed by atoms with E-state index in [9.17, 15) is 9.59 Å². The van der Waals surface area contributed by atoms with E-state index in [0.29, 0.717) is 27.6 Å². The number of anilines is 1. The van der Waals surface area contributed by atoms with Gasteiger partial charge in [0.15, 0.2) is 11.5 Å². The predicted octanol–water partition coefficient (Wildman–Crippen LogP) is 1.69. The summed E-state index contributed by atoms with van der Waals surface area (Å²) < 4.78 is 10.9. The summed E-state index contributed by atoms with van der Waals surface area (Å²) in [5.74, 6) is 0.321. The lowest BCUT2D eigenvalue weighted by atomic mass is 10.1. The number of nitrogens with two attached hydrogens (primary N) is 1. The molecule has 2 aromatic rings. The number of hydrogen-bond acceptors (Lipinski definition) is 5. The smallest absolute Gasteiger partial charge is 0.255 e. The molecule has 1 aromatic carbocycles. The number of benzene rings is 1. The van der Waals surface area contributed by atoms with Crippen LogP contribution in [0.1, 0.15) is 17.3 Å². The number of primary amides is 1. The predicted molar refractivity (Wildman–Crippen MR) is 93.7 cm³/mol.